The lowest BCUT2D eigenvalue weighted by atomic mass is 9.94. The maximum Gasteiger partial charge on any atom is 0.410 e. The van der Waals surface area contributed by atoms with Crippen LogP contribution >= 0.6 is 0 Å². The van der Waals surface area contributed by atoms with Crippen molar-refractivity contribution in [1.29, 1.82) is 5.26 Å². The number of aliphatic carboxylic acids is 1. The average Bonchev–Trinajstić information content (AvgIpc) is 3.03. The second-order valence-electron chi connectivity index (χ2n) is 12.1. The minimum absolute atomic E-state index is 0.119. The van der Waals surface area contributed by atoms with Gasteiger partial charge in [-0.1, -0.05) is 48.5 Å². The van der Waals surface area contributed by atoms with E-state index in [1.807, 2.05) is 0 Å². The van der Waals surface area contributed by atoms with Gasteiger partial charge in [-0.3, -0.25) is 4.79 Å². The van der Waals surface area contributed by atoms with E-state index in [0.717, 1.165) is 0 Å². The van der Waals surface area contributed by atoms with Crippen molar-refractivity contribution in [3.05, 3.63) is 83.9 Å². The maximum absolute atomic E-state index is 14.2. The molecule has 2 N–H and O–H groups in total. The Labute approximate surface area is 268 Å². The molecule has 1 aliphatic heterocycles. The molecule has 3 aromatic carbocycles. The van der Waals surface area contributed by atoms with Gasteiger partial charge in [0.15, 0.2) is 14.6 Å². The van der Waals surface area contributed by atoms with Crippen LogP contribution in [0.2, 0.25) is 0 Å². The van der Waals surface area contributed by atoms with Crippen LogP contribution in [0.15, 0.2) is 77.7 Å². The summed E-state index contributed by atoms with van der Waals surface area (Å²) in [5.41, 5.74) is 1.35. The molecule has 3 aromatic rings. The first kappa shape index (κ1) is 34.0. The number of carboxylic acids is 1. The number of ether oxygens (including phenoxy) is 2. The third-order valence-corrected chi connectivity index (χ3v) is 10.2. The van der Waals surface area contributed by atoms with E-state index >= 15 is 0 Å². The number of likely N-dealkylation sites (tertiary alicyclic amines) is 1. The smallest absolute Gasteiger partial charge is 0.410 e. The molecule has 242 valence electrons. The van der Waals surface area contributed by atoms with Gasteiger partial charge in [-0.25, -0.2) is 18.0 Å². The highest BCUT2D eigenvalue weighted by molar-refractivity contribution is 7.93. The van der Waals surface area contributed by atoms with E-state index in [2.05, 4.69) is 11.4 Å². The predicted octanol–water partition coefficient (Wildman–Crippen LogP) is 4.59. The quantitative estimate of drug-likeness (QED) is 0.338. The standard InChI is InChI=1S/C34H37N3O8S/c1-33(2,3)45-32(41)37-19-9-18-34(22-37,46(42,43)26-11-6-5-7-12-26)31(40)36-27(30(38)39)20-23-14-16-24(17-15-23)29-25(21-35)10-8-13-28(29)44-4/h5-8,10-17,27H,9,18-20,22H2,1-4H3,(H,36,40)(H,38,39)/t27-,34?/m0/s1. The Morgan fingerprint density at radius 3 is 2.30 bits per heavy atom. The molecule has 0 bridgehead atoms. The molecule has 1 unspecified atom stereocenters. The van der Waals surface area contributed by atoms with Crippen LogP contribution in [0, 0.1) is 11.3 Å². The molecule has 12 heteroatoms. The predicted molar refractivity (Wildman–Crippen MR) is 170 cm³/mol. The average molecular weight is 648 g/mol. The lowest BCUT2D eigenvalue weighted by Crippen LogP contribution is -2.64. The Balaban J connectivity index is 1.65. The van der Waals surface area contributed by atoms with E-state index < -0.39 is 50.7 Å². The number of piperidine rings is 1. The van der Waals surface area contributed by atoms with Gasteiger partial charge in [-0.05, 0) is 69.0 Å². The van der Waals surface area contributed by atoms with Crippen molar-refractivity contribution in [1.82, 2.24) is 10.2 Å². The molecule has 0 aromatic heterocycles. The Hall–Kier alpha value is -4.89. The zero-order valence-corrected chi connectivity index (χ0v) is 27.0. The summed E-state index contributed by atoms with van der Waals surface area (Å²) >= 11 is 0. The number of benzene rings is 3. The van der Waals surface area contributed by atoms with Gasteiger partial charge < -0.3 is 24.8 Å². The van der Waals surface area contributed by atoms with Gasteiger partial charge in [0, 0.05) is 18.5 Å². The van der Waals surface area contributed by atoms with Gasteiger partial charge in [-0.15, -0.1) is 0 Å². The topological polar surface area (TPSA) is 163 Å². The third-order valence-electron chi connectivity index (χ3n) is 7.74. The molecule has 46 heavy (non-hydrogen) atoms. The van der Waals surface area contributed by atoms with Crippen LogP contribution in [-0.2, 0) is 30.6 Å². The second kappa shape index (κ2) is 13.6. The van der Waals surface area contributed by atoms with Crippen LogP contribution in [0.4, 0.5) is 4.79 Å². The number of methoxy groups -OCH3 is 1. The van der Waals surface area contributed by atoms with Crippen molar-refractivity contribution in [2.75, 3.05) is 20.2 Å². The number of carbonyl (C=O) groups excluding carboxylic acids is 2. The van der Waals surface area contributed by atoms with E-state index in [4.69, 9.17) is 9.47 Å². The van der Waals surface area contributed by atoms with Crippen LogP contribution in [0.5, 0.6) is 5.75 Å². The van der Waals surface area contributed by atoms with Crippen LogP contribution in [0.3, 0.4) is 0 Å². The Bertz CT molecular complexity index is 1750. The summed E-state index contributed by atoms with van der Waals surface area (Å²) in [5, 5.41) is 22.2. The normalized spacial score (nSPS) is 17.3. The van der Waals surface area contributed by atoms with E-state index in [9.17, 15) is 33.2 Å². The summed E-state index contributed by atoms with van der Waals surface area (Å²) in [5.74, 6) is -1.87. The highest BCUT2D eigenvalue weighted by Crippen LogP contribution is 2.36. The van der Waals surface area contributed by atoms with Gasteiger partial charge >= 0.3 is 12.1 Å². The minimum atomic E-state index is -4.42. The molecule has 0 radical (unpaired) electrons. The summed E-state index contributed by atoms with van der Waals surface area (Å²) in [6, 6.07) is 20.0. The first-order valence-electron chi connectivity index (χ1n) is 14.7. The SMILES string of the molecule is COc1cccc(C#N)c1-c1ccc(C[C@H](NC(=O)C2(S(=O)(=O)c3ccccc3)CCCN(C(=O)OC(C)(C)C)C2)C(=O)O)cc1. The molecule has 1 heterocycles. The molecule has 1 aliphatic rings. The zero-order valence-electron chi connectivity index (χ0n) is 26.1. The molecule has 4 rings (SSSR count). The van der Waals surface area contributed by atoms with Crippen molar-refractivity contribution in [2.45, 2.75) is 61.3 Å². The highest BCUT2D eigenvalue weighted by Gasteiger charge is 2.55. The van der Waals surface area contributed by atoms with Gasteiger partial charge in [0.05, 0.1) is 30.2 Å². The van der Waals surface area contributed by atoms with Crippen molar-refractivity contribution < 1.29 is 37.4 Å². The summed E-state index contributed by atoms with van der Waals surface area (Å²) < 4.78 is 37.1. The molecule has 2 amide bonds. The number of carbonyl (C=O) groups is 3. The molecular weight excluding hydrogens is 610 g/mol. The molecule has 1 fully saturated rings. The van der Waals surface area contributed by atoms with Crippen LogP contribution in [-0.4, -0.2) is 73.0 Å². The van der Waals surface area contributed by atoms with E-state index in [-0.39, 0.29) is 30.7 Å². The van der Waals surface area contributed by atoms with Gasteiger partial charge in [0.1, 0.15) is 17.4 Å². The molecular formula is C34H37N3O8S. The summed E-state index contributed by atoms with van der Waals surface area (Å²) in [6.45, 7) is 4.70. The zero-order chi connectivity index (χ0) is 33.7. The highest BCUT2D eigenvalue weighted by atomic mass is 32.2. The van der Waals surface area contributed by atoms with Crippen LogP contribution in [0.25, 0.3) is 11.1 Å². The van der Waals surface area contributed by atoms with Gasteiger partial charge in [0.25, 0.3) is 0 Å². The number of hydrogen-bond acceptors (Lipinski definition) is 8. The molecule has 0 saturated carbocycles. The maximum atomic E-state index is 14.2. The molecule has 2 atom stereocenters. The second-order valence-corrected chi connectivity index (χ2v) is 14.3. The fourth-order valence-electron chi connectivity index (χ4n) is 5.48. The van der Waals surface area contributed by atoms with Gasteiger partial charge in [-0.2, -0.15) is 5.26 Å². The van der Waals surface area contributed by atoms with E-state index in [1.54, 1.807) is 69.3 Å². The number of nitriles is 1. The minimum Gasteiger partial charge on any atom is -0.496 e. The van der Waals surface area contributed by atoms with E-state index in [0.29, 0.717) is 28.0 Å². The first-order valence-corrected chi connectivity index (χ1v) is 16.2. The largest absolute Gasteiger partial charge is 0.496 e. The summed E-state index contributed by atoms with van der Waals surface area (Å²) in [7, 11) is -2.92. The van der Waals surface area contributed by atoms with Crippen LogP contribution in [0.1, 0.15) is 44.7 Å². The first-order chi connectivity index (χ1) is 21.7. The molecule has 11 nitrogen and oxygen atoms in total. The Morgan fingerprint density at radius 2 is 1.72 bits per heavy atom. The number of rotatable bonds is 9. The molecule has 1 saturated heterocycles. The lowest BCUT2D eigenvalue weighted by Gasteiger charge is -2.41. The number of amides is 2. The van der Waals surface area contributed by atoms with Crippen molar-refractivity contribution >= 4 is 27.8 Å². The third kappa shape index (κ3) is 7.15. The lowest BCUT2D eigenvalue weighted by molar-refractivity contribution is -0.142. The number of nitrogens with zero attached hydrogens (tertiary/aromatic N) is 2. The Kier molecular flexibility index (Phi) is 10.1. The fourth-order valence-corrected chi connectivity index (χ4v) is 7.49. The summed E-state index contributed by atoms with van der Waals surface area (Å²) in [6.07, 6.45) is -0.880. The van der Waals surface area contributed by atoms with Crippen molar-refractivity contribution in [3.8, 4) is 22.9 Å². The molecule has 0 aliphatic carbocycles. The number of hydrogen-bond donors (Lipinski definition) is 2. The van der Waals surface area contributed by atoms with Crippen molar-refractivity contribution in [2.24, 2.45) is 0 Å². The number of sulfone groups is 1. The van der Waals surface area contributed by atoms with Gasteiger partial charge in [0.2, 0.25) is 5.91 Å². The Morgan fingerprint density at radius 1 is 1.04 bits per heavy atom. The summed E-state index contributed by atoms with van der Waals surface area (Å²) in [4.78, 5) is 40.6. The van der Waals surface area contributed by atoms with E-state index in [1.165, 1.54) is 36.3 Å². The fraction of sp³-hybridized carbons (Fsp3) is 0.353. The number of nitrogens with one attached hydrogen (secondary N) is 1. The van der Waals surface area contributed by atoms with Crippen molar-refractivity contribution in [3.63, 3.8) is 0 Å². The van der Waals surface area contributed by atoms with Crippen LogP contribution < -0.4 is 10.1 Å². The monoisotopic (exact) mass is 647 g/mol. The number of carboxylic acid groups (broad SMARTS) is 1. The molecule has 0 spiro atoms.